The van der Waals surface area contributed by atoms with Gasteiger partial charge in [-0.2, -0.15) is 4.98 Å². The fourth-order valence-electron chi connectivity index (χ4n) is 2.98. The first-order valence-corrected chi connectivity index (χ1v) is 9.31. The molecule has 7 nitrogen and oxygen atoms in total. The summed E-state index contributed by atoms with van der Waals surface area (Å²) in [6.45, 7) is 0.496. The zero-order chi connectivity index (χ0) is 18.1. The lowest BCUT2D eigenvalue weighted by Crippen LogP contribution is -2.04. The molecule has 0 aliphatic carbocycles. The van der Waals surface area contributed by atoms with E-state index in [0.717, 1.165) is 22.3 Å². The molecule has 0 spiro atoms. The molecule has 0 atom stereocenters. The van der Waals surface area contributed by atoms with E-state index in [9.17, 15) is 0 Å². The summed E-state index contributed by atoms with van der Waals surface area (Å²) in [5, 5.41) is 1.21. The minimum atomic E-state index is 0.486. The van der Waals surface area contributed by atoms with Crippen LogP contribution < -0.4 is 4.74 Å². The van der Waals surface area contributed by atoms with Crippen molar-refractivity contribution in [3.63, 3.8) is 0 Å². The number of rotatable bonds is 5. The van der Waals surface area contributed by atoms with Gasteiger partial charge in [-0.15, -0.1) is 11.3 Å². The molecule has 1 aromatic carbocycles. The minimum Gasteiger partial charge on any atom is -0.476 e. The third kappa shape index (κ3) is 3.00. The summed E-state index contributed by atoms with van der Waals surface area (Å²) in [6.07, 6.45) is 7.64. The molecule has 27 heavy (non-hydrogen) atoms. The van der Waals surface area contributed by atoms with Crippen molar-refractivity contribution < 1.29 is 4.74 Å². The first kappa shape index (κ1) is 15.8. The van der Waals surface area contributed by atoms with E-state index < -0.39 is 0 Å². The van der Waals surface area contributed by atoms with Crippen molar-refractivity contribution in [3.8, 4) is 17.3 Å². The molecule has 132 valence electrons. The Kier molecular flexibility index (Phi) is 3.95. The number of aromatic nitrogens is 6. The summed E-state index contributed by atoms with van der Waals surface area (Å²) in [5.41, 5.74) is 5.51. The number of para-hydroxylation sites is 1. The minimum absolute atomic E-state index is 0.486. The quantitative estimate of drug-likeness (QED) is 0.505. The van der Waals surface area contributed by atoms with Gasteiger partial charge >= 0.3 is 0 Å². The van der Waals surface area contributed by atoms with Gasteiger partial charge in [-0.25, -0.2) is 19.9 Å². The van der Waals surface area contributed by atoms with Gasteiger partial charge in [0.15, 0.2) is 16.2 Å². The van der Waals surface area contributed by atoms with Crippen LogP contribution in [0.5, 0.6) is 5.88 Å². The zero-order valence-corrected chi connectivity index (χ0v) is 15.0. The summed E-state index contributed by atoms with van der Waals surface area (Å²) in [7, 11) is 0. The summed E-state index contributed by atoms with van der Waals surface area (Å²) in [5.74, 6) is 1.02. The van der Waals surface area contributed by atoms with Crippen LogP contribution in [0.15, 0.2) is 54.7 Å². The molecule has 4 aromatic heterocycles. The van der Waals surface area contributed by atoms with Crippen LogP contribution in [0.25, 0.3) is 32.6 Å². The average Bonchev–Trinajstić information content (AvgIpc) is 3.36. The molecule has 0 aliphatic rings. The van der Waals surface area contributed by atoms with E-state index in [2.05, 4.69) is 42.0 Å². The summed E-state index contributed by atoms with van der Waals surface area (Å²) >= 11 is 1.46. The number of fused-ring (bicyclic) bond motifs is 2. The summed E-state index contributed by atoms with van der Waals surface area (Å²) in [6, 6.07) is 8.24. The van der Waals surface area contributed by atoms with Gasteiger partial charge in [0.2, 0.25) is 5.88 Å². The molecule has 0 saturated heterocycles. The van der Waals surface area contributed by atoms with E-state index in [4.69, 9.17) is 4.74 Å². The van der Waals surface area contributed by atoms with E-state index in [1.165, 1.54) is 28.6 Å². The Morgan fingerprint density at radius 3 is 2.89 bits per heavy atom. The highest BCUT2D eigenvalue weighted by atomic mass is 32.1. The first-order valence-electron chi connectivity index (χ1n) is 8.43. The molecule has 0 amide bonds. The number of hydrogen-bond acceptors (Lipinski definition) is 7. The molecule has 8 heteroatoms. The average molecular weight is 374 g/mol. The summed E-state index contributed by atoms with van der Waals surface area (Å²) < 4.78 is 6.00. The molecule has 0 saturated carbocycles. The predicted molar refractivity (Wildman–Crippen MR) is 104 cm³/mol. The number of thiazole rings is 1. The van der Waals surface area contributed by atoms with E-state index in [-0.39, 0.29) is 0 Å². The fourth-order valence-corrected chi connectivity index (χ4v) is 3.63. The molecule has 5 aromatic rings. The van der Waals surface area contributed by atoms with Crippen LogP contribution in [0.3, 0.4) is 0 Å². The van der Waals surface area contributed by atoms with Crippen molar-refractivity contribution in [1.82, 2.24) is 29.9 Å². The van der Waals surface area contributed by atoms with Crippen molar-refractivity contribution >= 4 is 32.6 Å². The predicted octanol–water partition coefficient (Wildman–Crippen LogP) is 3.65. The molecule has 0 fully saturated rings. The number of aromatic amines is 1. The van der Waals surface area contributed by atoms with Gasteiger partial charge in [0, 0.05) is 35.9 Å². The lowest BCUT2D eigenvalue weighted by Gasteiger charge is -2.07. The molecule has 0 radical (unpaired) electrons. The largest absolute Gasteiger partial charge is 0.476 e. The van der Waals surface area contributed by atoms with Gasteiger partial charge in [0.1, 0.15) is 6.33 Å². The third-order valence-corrected chi connectivity index (χ3v) is 4.99. The zero-order valence-electron chi connectivity index (χ0n) is 14.2. The second-order valence-corrected chi connectivity index (χ2v) is 6.78. The number of hydrogen-bond donors (Lipinski definition) is 1. The van der Waals surface area contributed by atoms with E-state index in [1.54, 1.807) is 17.9 Å². The maximum atomic E-state index is 6.00. The Bertz CT molecular complexity index is 1220. The molecule has 0 aliphatic heterocycles. The normalized spacial score (nSPS) is 11.3. The Labute approximate surface area is 158 Å². The van der Waals surface area contributed by atoms with Gasteiger partial charge in [-0.1, -0.05) is 18.2 Å². The molecular weight excluding hydrogens is 360 g/mol. The lowest BCUT2D eigenvalue weighted by atomic mass is 10.1. The van der Waals surface area contributed by atoms with Crippen LogP contribution in [0.2, 0.25) is 0 Å². The lowest BCUT2D eigenvalue weighted by molar-refractivity contribution is 0.313. The number of nitrogens with zero attached hydrogens (tertiary/aromatic N) is 5. The van der Waals surface area contributed by atoms with Crippen molar-refractivity contribution in [1.29, 1.82) is 0 Å². The van der Waals surface area contributed by atoms with Crippen LogP contribution in [0, 0.1) is 0 Å². The van der Waals surface area contributed by atoms with Gasteiger partial charge in [0.05, 0.1) is 17.7 Å². The standard InChI is InChI=1S/C19H14N6OS/c1-2-4-15-14(3-1)12(9-22-15)5-6-26-18-16-19(27-11-23-16)25-17(24-18)13-7-20-10-21-8-13/h1-4,7-11,22H,5-6H2. The highest BCUT2D eigenvalue weighted by molar-refractivity contribution is 7.16. The highest BCUT2D eigenvalue weighted by Gasteiger charge is 2.14. The van der Waals surface area contributed by atoms with Gasteiger partial charge in [0.25, 0.3) is 0 Å². The second kappa shape index (κ2) is 6.73. The topological polar surface area (TPSA) is 89.5 Å². The van der Waals surface area contributed by atoms with Gasteiger partial charge in [-0.05, 0) is 11.6 Å². The number of nitrogens with one attached hydrogen (secondary N) is 1. The fraction of sp³-hybridized carbons (Fsp3) is 0.105. The van der Waals surface area contributed by atoms with Crippen LogP contribution >= 0.6 is 11.3 Å². The van der Waals surface area contributed by atoms with E-state index in [0.29, 0.717) is 23.8 Å². The number of ether oxygens (including phenoxy) is 1. The Hall–Kier alpha value is -3.39. The molecule has 0 unspecified atom stereocenters. The summed E-state index contributed by atoms with van der Waals surface area (Å²) in [4.78, 5) is 25.6. The van der Waals surface area contributed by atoms with Crippen LogP contribution in [0.1, 0.15) is 5.56 Å². The van der Waals surface area contributed by atoms with Crippen molar-refractivity contribution in [2.24, 2.45) is 0 Å². The molecule has 5 rings (SSSR count). The Balaban J connectivity index is 1.42. The molecule has 4 heterocycles. The molecular formula is C19H14N6OS. The van der Waals surface area contributed by atoms with Crippen LogP contribution in [-0.2, 0) is 6.42 Å². The Morgan fingerprint density at radius 2 is 1.96 bits per heavy atom. The third-order valence-electron chi connectivity index (χ3n) is 4.27. The smallest absolute Gasteiger partial charge is 0.245 e. The second-order valence-electron chi connectivity index (χ2n) is 5.94. The van der Waals surface area contributed by atoms with Crippen LogP contribution in [0.4, 0.5) is 0 Å². The van der Waals surface area contributed by atoms with Gasteiger partial charge in [-0.3, -0.25) is 0 Å². The van der Waals surface area contributed by atoms with Crippen molar-refractivity contribution in [2.45, 2.75) is 6.42 Å². The van der Waals surface area contributed by atoms with Crippen LogP contribution in [-0.4, -0.2) is 36.5 Å². The van der Waals surface area contributed by atoms with E-state index in [1.807, 2.05) is 18.3 Å². The first-order chi connectivity index (χ1) is 13.4. The number of benzene rings is 1. The maximum absolute atomic E-state index is 6.00. The molecule has 1 N–H and O–H groups in total. The molecule has 0 bridgehead atoms. The number of H-pyrrole nitrogens is 1. The van der Waals surface area contributed by atoms with E-state index >= 15 is 0 Å². The SMILES string of the molecule is c1ccc2c(CCOc3nc(-c4cncnc4)nc4scnc34)c[nH]c2c1. The maximum Gasteiger partial charge on any atom is 0.245 e. The van der Waals surface area contributed by atoms with Crippen molar-refractivity contribution in [3.05, 3.63) is 60.3 Å². The van der Waals surface area contributed by atoms with Crippen molar-refractivity contribution in [2.75, 3.05) is 6.61 Å². The Morgan fingerprint density at radius 1 is 1.07 bits per heavy atom. The highest BCUT2D eigenvalue weighted by Crippen LogP contribution is 2.27. The van der Waals surface area contributed by atoms with Gasteiger partial charge < -0.3 is 9.72 Å². The monoisotopic (exact) mass is 374 g/mol.